The van der Waals surface area contributed by atoms with Crippen molar-refractivity contribution in [3.8, 4) is 0 Å². The van der Waals surface area contributed by atoms with E-state index >= 15 is 0 Å². The van der Waals surface area contributed by atoms with E-state index in [1.807, 2.05) is 24.0 Å². The molecule has 0 aromatic heterocycles. The highest BCUT2D eigenvalue weighted by molar-refractivity contribution is 8.02. The van der Waals surface area contributed by atoms with Crippen LogP contribution in [0.3, 0.4) is 0 Å². The maximum absolute atomic E-state index is 14.5. The molecular formula is C28H42N4O5S. The minimum atomic E-state index is -0.871. The highest BCUT2D eigenvalue weighted by Crippen LogP contribution is 2.65. The lowest BCUT2D eigenvalue weighted by molar-refractivity contribution is -0.147. The molecule has 5 rings (SSSR count). The van der Waals surface area contributed by atoms with Crippen LogP contribution in [0.4, 0.5) is 0 Å². The van der Waals surface area contributed by atoms with E-state index in [1.165, 1.54) is 0 Å². The Morgan fingerprint density at radius 3 is 2.42 bits per heavy atom. The van der Waals surface area contributed by atoms with Crippen LogP contribution in [0.1, 0.15) is 27.2 Å². The van der Waals surface area contributed by atoms with Gasteiger partial charge in [0.05, 0.1) is 42.4 Å². The number of thioether (sulfide) groups is 1. The molecule has 1 N–H and O–H groups in total. The fourth-order valence-corrected chi connectivity index (χ4v) is 9.27. The van der Waals surface area contributed by atoms with Crippen LogP contribution in [-0.2, 0) is 19.1 Å². The van der Waals surface area contributed by atoms with Crippen molar-refractivity contribution < 1.29 is 24.2 Å². The van der Waals surface area contributed by atoms with E-state index in [1.54, 1.807) is 28.6 Å². The molecule has 9 nitrogen and oxygen atoms in total. The lowest BCUT2D eigenvalue weighted by Crippen LogP contribution is -2.57. The summed E-state index contributed by atoms with van der Waals surface area (Å²) in [6, 6.07) is -1.24. The molecule has 5 heterocycles. The highest BCUT2D eigenvalue weighted by Gasteiger charge is 2.74. The number of ether oxygens (including phenoxy) is 1. The Morgan fingerprint density at radius 2 is 1.74 bits per heavy atom. The summed E-state index contributed by atoms with van der Waals surface area (Å²) in [5, 5.41) is 10.5. The fourth-order valence-electron chi connectivity index (χ4n) is 7.13. The van der Waals surface area contributed by atoms with Crippen molar-refractivity contribution in [3.63, 3.8) is 0 Å². The van der Waals surface area contributed by atoms with Crippen molar-refractivity contribution in [3.05, 3.63) is 24.3 Å². The Balaban J connectivity index is 1.55. The molecule has 1 unspecified atom stereocenters. The Morgan fingerprint density at radius 1 is 1.03 bits per heavy atom. The number of likely N-dealkylation sites (N-methyl/N-ethyl adjacent to an activating group) is 1. The summed E-state index contributed by atoms with van der Waals surface area (Å²) in [6.45, 7) is 11.3. The molecule has 3 fully saturated rings. The van der Waals surface area contributed by atoms with Crippen molar-refractivity contribution in [1.82, 2.24) is 19.6 Å². The Hall–Kier alpha value is -1.88. The monoisotopic (exact) mass is 546 g/mol. The van der Waals surface area contributed by atoms with Crippen LogP contribution in [0.25, 0.3) is 0 Å². The van der Waals surface area contributed by atoms with Gasteiger partial charge in [0.15, 0.2) is 0 Å². The first-order valence-electron chi connectivity index (χ1n) is 14.0. The number of likely N-dealkylation sites (tertiary alicyclic amines) is 1. The topological polar surface area (TPSA) is 93.6 Å². The second-order valence-electron chi connectivity index (χ2n) is 12.0. The Labute approximate surface area is 230 Å². The number of rotatable bonds is 7. The summed E-state index contributed by atoms with van der Waals surface area (Å²) in [7, 11) is 1.78. The van der Waals surface area contributed by atoms with Crippen molar-refractivity contribution in [2.75, 3.05) is 66.1 Å². The molecule has 210 valence electrons. The van der Waals surface area contributed by atoms with E-state index in [-0.39, 0.29) is 30.2 Å². The number of aliphatic hydroxyl groups excluding tert-OH is 1. The summed E-state index contributed by atoms with van der Waals surface area (Å²) < 4.78 is 4.00. The lowest BCUT2D eigenvalue weighted by Gasteiger charge is -2.40. The SMILES string of the molecule is CC(C)C[C@H](CO)N1C(=O)[C@@H]2[C@@H]3C(=O)N(C)CC=C[C@]3(C)S[C@@]23C=CCN(CCN2CCOCC2)C(=O)C13. The molecule has 1 spiro atoms. The summed E-state index contributed by atoms with van der Waals surface area (Å²) in [5.41, 5.74) is 0. The maximum Gasteiger partial charge on any atom is 0.247 e. The van der Waals surface area contributed by atoms with Gasteiger partial charge in [0.2, 0.25) is 17.7 Å². The fraction of sp³-hybridized carbons (Fsp3) is 0.750. The van der Waals surface area contributed by atoms with Gasteiger partial charge in [-0.1, -0.05) is 38.2 Å². The summed E-state index contributed by atoms with van der Waals surface area (Å²) in [6.07, 6.45) is 8.75. The number of hydrogen-bond acceptors (Lipinski definition) is 7. The van der Waals surface area contributed by atoms with Gasteiger partial charge in [-0.25, -0.2) is 0 Å². The number of nitrogens with zero attached hydrogens (tertiary/aromatic N) is 4. The molecular weight excluding hydrogens is 504 g/mol. The normalized spacial score (nSPS) is 36.4. The van der Waals surface area contributed by atoms with Crippen LogP contribution in [-0.4, -0.2) is 130 Å². The lowest BCUT2D eigenvalue weighted by atomic mass is 9.74. The number of amides is 3. The third-order valence-electron chi connectivity index (χ3n) is 8.92. The van der Waals surface area contributed by atoms with Gasteiger partial charge in [-0.05, 0) is 19.3 Å². The first-order valence-corrected chi connectivity index (χ1v) is 14.8. The predicted molar refractivity (Wildman–Crippen MR) is 146 cm³/mol. The van der Waals surface area contributed by atoms with Gasteiger partial charge in [0.25, 0.3) is 0 Å². The van der Waals surface area contributed by atoms with Crippen LogP contribution in [0.2, 0.25) is 0 Å². The van der Waals surface area contributed by atoms with Gasteiger partial charge in [-0.15, -0.1) is 11.8 Å². The first-order chi connectivity index (χ1) is 18.1. The maximum atomic E-state index is 14.5. The Kier molecular flexibility index (Phi) is 7.72. The molecule has 5 aliphatic heterocycles. The zero-order valence-electron chi connectivity index (χ0n) is 23.0. The van der Waals surface area contributed by atoms with Crippen molar-refractivity contribution >= 4 is 29.5 Å². The molecule has 38 heavy (non-hydrogen) atoms. The standard InChI is InChI=1S/C28H42N4O5S/c1-19(2)17-20(18-33)32-23-26(36)31(12-11-30-13-15-37-16-14-30)10-6-8-28(23)22(25(32)35)21-24(34)29(4)9-5-7-27(21,3)38-28/h5-8,19-23,33H,9-18H2,1-4H3/t20-,21-,22+,23?,27+,28+/m1/s1. The first kappa shape index (κ1) is 27.7. The van der Waals surface area contributed by atoms with E-state index < -0.39 is 33.4 Å². The van der Waals surface area contributed by atoms with E-state index in [4.69, 9.17) is 4.74 Å². The number of aliphatic hydroxyl groups is 1. The molecule has 0 bridgehead atoms. The average Bonchev–Trinajstić information content (AvgIpc) is 3.17. The minimum Gasteiger partial charge on any atom is -0.394 e. The van der Waals surface area contributed by atoms with Gasteiger partial charge in [-0.2, -0.15) is 0 Å². The molecule has 3 amide bonds. The van der Waals surface area contributed by atoms with Gasteiger partial charge in [0.1, 0.15) is 6.04 Å². The van der Waals surface area contributed by atoms with E-state index in [2.05, 4.69) is 30.9 Å². The van der Waals surface area contributed by atoms with Crippen molar-refractivity contribution in [2.45, 2.75) is 48.8 Å². The number of hydrogen-bond donors (Lipinski definition) is 1. The molecule has 5 aliphatic rings. The molecule has 0 aliphatic carbocycles. The molecule has 0 saturated carbocycles. The number of carbonyl (C=O) groups excluding carboxylic acids is 3. The van der Waals surface area contributed by atoms with Crippen molar-refractivity contribution in [2.24, 2.45) is 17.8 Å². The molecule has 10 heteroatoms. The quantitative estimate of drug-likeness (QED) is 0.473. The molecule has 0 radical (unpaired) electrons. The van der Waals surface area contributed by atoms with Crippen molar-refractivity contribution in [1.29, 1.82) is 0 Å². The van der Waals surface area contributed by atoms with E-state index in [0.717, 1.165) is 19.6 Å². The average molecular weight is 547 g/mol. The third kappa shape index (κ3) is 4.51. The van der Waals surface area contributed by atoms with Crippen LogP contribution >= 0.6 is 11.8 Å². The molecule has 6 atom stereocenters. The predicted octanol–water partition coefficient (Wildman–Crippen LogP) is 0.840. The summed E-state index contributed by atoms with van der Waals surface area (Å²) in [5.74, 6) is -1.33. The van der Waals surface area contributed by atoms with Crippen LogP contribution in [0.5, 0.6) is 0 Å². The summed E-state index contributed by atoms with van der Waals surface area (Å²) >= 11 is 1.60. The molecule has 0 aromatic carbocycles. The third-order valence-corrected chi connectivity index (χ3v) is 10.7. The zero-order chi connectivity index (χ0) is 27.2. The Bertz CT molecular complexity index is 1010. The largest absolute Gasteiger partial charge is 0.394 e. The van der Waals surface area contributed by atoms with Gasteiger partial charge in [-0.3, -0.25) is 19.3 Å². The molecule has 3 saturated heterocycles. The second kappa shape index (κ2) is 10.6. The smallest absolute Gasteiger partial charge is 0.247 e. The van der Waals surface area contributed by atoms with Crippen LogP contribution in [0, 0.1) is 17.8 Å². The number of fused-ring (bicyclic) bond motifs is 2. The minimum absolute atomic E-state index is 0.0560. The molecule has 0 aromatic rings. The van der Waals surface area contributed by atoms with E-state index in [9.17, 15) is 19.5 Å². The number of carbonyl (C=O) groups is 3. The zero-order valence-corrected chi connectivity index (χ0v) is 23.9. The van der Waals surface area contributed by atoms with Gasteiger partial charge >= 0.3 is 0 Å². The number of morpholine rings is 1. The van der Waals surface area contributed by atoms with Gasteiger partial charge in [0, 0.05) is 51.1 Å². The van der Waals surface area contributed by atoms with Gasteiger partial charge < -0.3 is 24.5 Å². The van der Waals surface area contributed by atoms with E-state index in [0.29, 0.717) is 39.3 Å². The highest BCUT2D eigenvalue weighted by atomic mass is 32.2. The van der Waals surface area contributed by atoms with Crippen LogP contribution < -0.4 is 0 Å². The summed E-state index contributed by atoms with van der Waals surface area (Å²) in [4.78, 5) is 50.2. The second-order valence-corrected chi connectivity index (χ2v) is 13.8. The van der Waals surface area contributed by atoms with Crippen LogP contribution in [0.15, 0.2) is 24.3 Å².